The predicted molar refractivity (Wildman–Crippen MR) is 156 cm³/mol. The molecule has 3 aromatic heterocycles. The summed E-state index contributed by atoms with van der Waals surface area (Å²) in [7, 11) is 0. The Bertz CT molecular complexity index is 1510. The second kappa shape index (κ2) is 11.1. The summed E-state index contributed by atoms with van der Waals surface area (Å²) < 4.78 is 7.04. The molecule has 0 saturated carbocycles. The summed E-state index contributed by atoms with van der Waals surface area (Å²) >= 11 is 0. The Labute approximate surface area is 232 Å². The van der Waals surface area contributed by atoms with E-state index in [-0.39, 0.29) is 12.0 Å². The van der Waals surface area contributed by atoms with Crippen LogP contribution in [-0.4, -0.2) is 94.5 Å². The minimum absolute atomic E-state index is 0.184. The highest BCUT2D eigenvalue weighted by Gasteiger charge is 2.22. The average molecular weight is 543 g/mol. The van der Waals surface area contributed by atoms with Crippen LogP contribution in [0.25, 0.3) is 22.3 Å². The van der Waals surface area contributed by atoms with Crippen molar-refractivity contribution in [2.75, 3.05) is 79.9 Å². The number of carbonyl (C=O) groups is 1. The Morgan fingerprint density at radius 2 is 1.75 bits per heavy atom. The van der Waals surface area contributed by atoms with Crippen LogP contribution in [0.3, 0.4) is 0 Å². The fourth-order valence-corrected chi connectivity index (χ4v) is 5.23. The lowest BCUT2D eigenvalue weighted by Gasteiger charge is -2.35. The summed E-state index contributed by atoms with van der Waals surface area (Å²) in [5.74, 6) is 0.711. The molecule has 2 aliphatic heterocycles. The molecule has 0 spiro atoms. The quantitative estimate of drug-likeness (QED) is 0.388. The Balaban J connectivity index is 1.30. The molecule has 12 nitrogen and oxygen atoms in total. The molecule has 40 heavy (non-hydrogen) atoms. The number of fused-ring (bicyclic) bond motifs is 1. The van der Waals surface area contributed by atoms with Gasteiger partial charge in [-0.2, -0.15) is 4.98 Å². The number of nitrogens with zero attached hydrogens (tertiary/aromatic N) is 8. The minimum atomic E-state index is -0.298. The minimum Gasteiger partial charge on any atom is -0.378 e. The Morgan fingerprint density at radius 3 is 2.45 bits per heavy atom. The third-order valence-electron chi connectivity index (χ3n) is 7.63. The summed E-state index contributed by atoms with van der Waals surface area (Å²) in [6.45, 7) is 11.9. The van der Waals surface area contributed by atoms with E-state index in [1.54, 1.807) is 18.6 Å². The second-order valence-electron chi connectivity index (χ2n) is 10.1. The number of aryl methyl sites for hydroxylation is 1. The van der Waals surface area contributed by atoms with Crippen molar-refractivity contribution in [2.45, 2.75) is 13.8 Å². The number of aromatic nitrogens is 5. The molecule has 2 fully saturated rings. The van der Waals surface area contributed by atoms with Gasteiger partial charge in [-0.25, -0.2) is 19.7 Å². The molecule has 3 N–H and O–H groups in total. The van der Waals surface area contributed by atoms with Gasteiger partial charge in [-0.3, -0.25) is 4.57 Å². The highest BCUT2D eigenvalue weighted by atomic mass is 16.5. The maximum Gasteiger partial charge on any atom is 0.331 e. The number of benzene rings is 1. The number of nitrogens with one attached hydrogen (secondary N) is 1. The molecule has 0 atom stereocenters. The standard InChI is InChI=1S/C28H34N10O2/c1-3-35-8-10-36(11-9-35)21-4-5-23(19(2)16-21)32-28(39)38-7-6-22-24(20-17-30-26(29)31-18-20)33-27(34-25(22)38)37-12-14-40-15-13-37/h4-7,16-18H,3,8-15H2,1-2H3,(H,32,39)(H2,29,30,31). The smallest absolute Gasteiger partial charge is 0.331 e. The summed E-state index contributed by atoms with van der Waals surface area (Å²) in [5.41, 5.74) is 10.5. The SMILES string of the molecule is CCN1CCN(c2ccc(NC(=O)n3ccc4c(-c5cnc(N)nc5)nc(N5CCOCC5)nc43)c(C)c2)CC1. The number of hydrogen-bond acceptors (Lipinski definition) is 10. The van der Waals surface area contributed by atoms with Crippen molar-refractivity contribution < 1.29 is 9.53 Å². The molecular formula is C28H34N10O2. The molecule has 5 heterocycles. The van der Waals surface area contributed by atoms with Crippen LogP contribution in [0.15, 0.2) is 42.9 Å². The monoisotopic (exact) mass is 542 g/mol. The van der Waals surface area contributed by atoms with E-state index in [1.165, 1.54) is 10.3 Å². The first kappa shape index (κ1) is 26.0. The summed E-state index contributed by atoms with van der Waals surface area (Å²) in [4.78, 5) is 38.4. The number of amides is 1. The van der Waals surface area contributed by atoms with Gasteiger partial charge in [-0.1, -0.05) is 6.92 Å². The van der Waals surface area contributed by atoms with Crippen molar-refractivity contribution in [2.24, 2.45) is 0 Å². The van der Waals surface area contributed by atoms with E-state index in [0.717, 1.165) is 49.4 Å². The van der Waals surface area contributed by atoms with Crippen LogP contribution in [-0.2, 0) is 4.74 Å². The highest BCUT2D eigenvalue weighted by molar-refractivity contribution is 6.01. The predicted octanol–water partition coefficient (Wildman–Crippen LogP) is 2.84. The first-order chi connectivity index (χ1) is 19.5. The third-order valence-corrected chi connectivity index (χ3v) is 7.63. The maximum absolute atomic E-state index is 13.6. The van der Waals surface area contributed by atoms with E-state index >= 15 is 0 Å². The van der Waals surface area contributed by atoms with Gasteiger partial charge in [0.25, 0.3) is 0 Å². The highest BCUT2D eigenvalue weighted by Crippen LogP contribution is 2.30. The number of likely N-dealkylation sites (N-methyl/N-ethyl adjacent to an activating group) is 1. The lowest BCUT2D eigenvalue weighted by atomic mass is 10.1. The molecule has 0 unspecified atom stereocenters. The van der Waals surface area contributed by atoms with E-state index in [1.807, 2.05) is 19.1 Å². The van der Waals surface area contributed by atoms with Gasteiger partial charge in [-0.05, 0) is 43.3 Å². The van der Waals surface area contributed by atoms with E-state index in [4.69, 9.17) is 20.4 Å². The zero-order valence-corrected chi connectivity index (χ0v) is 22.9. The molecule has 0 bridgehead atoms. The molecule has 4 aromatic rings. The summed E-state index contributed by atoms with van der Waals surface area (Å²) in [6, 6.07) is 7.74. The number of piperazine rings is 1. The Hall–Kier alpha value is -4.29. The molecule has 0 radical (unpaired) electrons. The van der Waals surface area contributed by atoms with E-state index in [0.29, 0.717) is 49.2 Å². The fourth-order valence-electron chi connectivity index (χ4n) is 5.23. The van der Waals surface area contributed by atoms with Crippen LogP contribution in [0.1, 0.15) is 12.5 Å². The molecule has 12 heteroatoms. The van der Waals surface area contributed by atoms with Crippen LogP contribution < -0.4 is 20.9 Å². The van der Waals surface area contributed by atoms with Crippen molar-refractivity contribution >= 4 is 40.3 Å². The second-order valence-corrected chi connectivity index (χ2v) is 10.1. The van der Waals surface area contributed by atoms with E-state index < -0.39 is 0 Å². The Morgan fingerprint density at radius 1 is 1.00 bits per heavy atom. The van der Waals surface area contributed by atoms with Crippen LogP contribution in [0.5, 0.6) is 0 Å². The van der Waals surface area contributed by atoms with Gasteiger partial charge in [0.15, 0.2) is 5.65 Å². The zero-order chi connectivity index (χ0) is 27.6. The molecule has 2 aliphatic rings. The summed E-state index contributed by atoms with van der Waals surface area (Å²) in [5, 5.41) is 3.80. The molecule has 1 amide bonds. The van der Waals surface area contributed by atoms with Crippen molar-refractivity contribution in [1.82, 2.24) is 29.4 Å². The lowest BCUT2D eigenvalue weighted by molar-refractivity contribution is 0.122. The van der Waals surface area contributed by atoms with E-state index in [2.05, 4.69) is 49.0 Å². The molecule has 2 saturated heterocycles. The Kier molecular flexibility index (Phi) is 7.18. The zero-order valence-electron chi connectivity index (χ0n) is 22.9. The average Bonchev–Trinajstić information content (AvgIpc) is 3.43. The van der Waals surface area contributed by atoms with Gasteiger partial charge in [0, 0.05) is 80.2 Å². The van der Waals surface area contributed by atoms with Gasteiger partial charge >= 0.3 is 6.03 Å². The topological polar surface area (TPSA) is 131 Å². The number of morpholine rings is 1. The molecule has 208 valence electrons. The van der Waals surface area contributed by atoms with Crippen molar-refractivity contribution in [3.63, 3.8) is 0 Å². The van der Waals surface area contributed by atoms with Gasteiger partial charge < -0.3 is 30.5 Å². The van der Waals surface area contributed by atoms with Gasteiger partial charge in [0.1, 0.15) is 0 Å². The van der Waals surface area contributed by atoms with Gasteiger partial charge in [0.2, 0.25) is 11.9 Å². The van der Waals surface area contributed by atoms with Crippen LogP contribution in [0.4, 0.5) is 28.1 Å². The third kappa shape index (κ3) is 5.15. The molecule has 6 rings (SSSR count). The number of rotatable bonds is 5. The first-order valence-corrected chi connectivity index (χ1v) is 13.7. The lowest BCUT2D eigenvalue weighted by Crippen LogP contribution is -2.46. The normalized spacial score (nSPS) is 16.4. The van der Waals surface area contributed by atoms with Crippen LogP contribution >= 0.6 is 0 Å². The maximum atomic E-state index is 13.6. The van der Waals surface area contributed by atoms with E-state index in [9.17, 15) is 4.79 Å². The molecular weight excluding hydrogens is 508 g/mol. The van der Waals surface area contributed by atoms with Crippen molar-refractivity contribution in [3.8, 4) is 11.3 Å². The van der Waals surface area contributed by atoms with Crippen molar-refractivity contribution in [1.29, 1.82) is 0 Å². The fraction of sp³-hybridized carbons (Fsp3) is 0.393. The number of hydrogen-bond donors (Lipinski definition) is 2. The summed E-state index contributed by atoms with van der Waals surface area (Å²) in [6.07, 6.45) is 4.99. The number of nitrogens with two attached hydrogens (primary N) is 1. The largest absolute Gasteiger partial charge is 0.378 e. The first-order valence-electron chi connectivity index (χ1n) is 13.7. The number of ether oxygens (including phenoxy) is 1. The van der Waals surface area contributed by atoms with Crippen molar-refractivity contribution in [3.05, 3.63) is 48.4 Å². The number of carbonyl (C=O) groups excluding carboxylic acids is 1. The van der Waals surface area contributed by atoms with Gasteiger partial charge in [-0.15, -0.1) is 0 Å². The number of anilines is 4. The van der Waals surface area contributed by atoms with Crippen LogP contribution in [0, 0.1) is 6.92 Å². The molecule has 0 aliphatic carbocycles. The number of nitrogen functional groups attached to an aromatic ring is 1. The van der Waals surface area contributed by atoms with Gasteiger partial charge in [0.05, 0.1) is 18.9 Å². The van der Waals surface area contributed by atoms with Crippen LogP contribution in [0.2, 0.25) is 0 Å². The molecule has 1 aromatic carbocycles.